The molecule has 0 saturated carbocycles. The minimum absolute atomic E-state index is 0.318. The molecule has 0 fully saturated rings. The second-order valence-electron chi connectivity index (χ2n) is 4.81. The lowest BCUT2D eigenvalue weighted by atomic mass is 10.2. The van der Waals surface area contributed by atoms with E-state index in [1.807, 2.05) is 43.3 Å². The summed E-state index contributed by atoms with van der Waals surface area (Å²) in [5, 5.41) is 4.52. The van der Waals surface area contributed by atoms with Gasteiger partial charge in [-0.25, -0.2) is 5.43 Å². The van der Waals surface area contributed by atoms with Crippen molar-refractivity contribution >= 4 is 23.7 Å². The first kappa shape index (κ1) is 16.0. The van der Waals surface area contributed by atoms with Crippen molar-refractivity contribution in [3.63, 3.8) is 0 Å². The first-order valence-corrected chi connectivity index (χ1v) is 7.25. The molecule has 0 aromatic heterocycles. The lowest BCUT2D eigenvalue weighted by molar-refractivity contribution is -0.127. The summed E-state index contributed by atoms with van der Waals surface area (Å²) in [6.45, 7) is 3.61. The molecule has 0 heterocycles. The maximum Gasteiger partial charge on any atom is 0.280 e. The van der Waals surface area contributed by atoms with Crippen LogP contribution in [0.1, 0.15) is 18.1 Å². The summed E-state index contributed by atoms with van der Waals surface area (Å²) in [5.41, 5.74) is 4.23. The Bertz CT molecular complexity index is 686. The number of nitrogens with zero attached hydrogens (tertiary/aromatic N) is 1. The highest BCUT2D eigenvalue weighted by molar-refractivity contribution is 6.30. The molecule has 1 atom stereocenters. The molecule has 0 saturated heterocycles. The summed E-state index contributed by atoms with van der Waals surface area (Å²) in [6, 6.07) is 14.7. The highest BCUT2D eigenvalue weighted by Crippen LogP contribution is 2.17. The molecule has 114 valence electrons. The lowest BCUT2D eigenvalue weighted by Gasteiger charge is -2.14. The third-order valence-electron chi connectivity index (χ3n) is 3.00. The number of rotatable bonds is 5. The Balaban J connectivity index is 1.90. The molecule has 0 spiro atoms. The van der Waals surface area contributed by atoms with Crippen LogP contribution in [0.5, 0.6) is 5.75 Å². The standard InChI is InChI=1S/C17H17ClN2O2/c1-12-6-3-4-9-16(12)22-13(2)17(21)20-19-11-14-7-5-8-15(18)10-14/h3-11,13H,1-2H3,(H,20,21)/b19-11+. The predicted octanol–water partition coefficient (Wildman–Crippen LogP) is 3.57. The zero-order valence-electron chi connectivity index (χ0n) is 12.4. The van der Waals surface area contributed by atoms with E-state index in [1.165, 1.54) is 6.21 Å². The summed E-state index contributed by atoms with van der Waals surface area (Å²) in [4.78, 5) is 11.9. The molecule has 1 unspecified atom stereocenters. The van der Waals surface area contributed by atoms with E-state index >= 15 is 0 Å². The minimum atomic E-state index is -0.641. The SMILES string of the molecule is Cc1ccccc1OC(C)C(=O)N/N=C/c1cccc(Cl)c1. The van der Waals surface area contributed by atoms with E-state index < -0.39 is 6.10 Å². The number of hydrogen-bond donors (Lipinski definition) is 1. The fourth-order valence-corrected chi connectivity index (χ4v) is 1.98. The van der Waals surface area contributed by atoms with Gasteiger partial charge in [-0.05, 0) is 43.2 Å². The van der Waals surface area contributed by atoms with Gasteiger partial charge in [-0.3, -0.25) is 4.79 Å². The van der Waals surface area contributed by atoms with E-state index in [2.05, 4.69) is 10.5 Å². The van der Waals surface area contributed by atoms with E-state index in [1.54, 1.807) is 19.1 Å². The van der Waals surface area contributed by atoms with Crippen LogP contribution in [0.2, 0.25) is 5.02 Å². The van der Waals surface area contributed by atoms with Crippen molar-refractivity contribution < 1.29 is 9.53 Å². The maximum absolute atomic E-state index is 11.9. The van der Waals surface area contributed by atoms with Crippen molar-refractivity contribution in [3.8, 4) is 5.75 Å². The fourth-order valence-electron chi connectivity index (χ4n) is 1.78. The molecule has 2 aromatic carbocycles. The van der Waals surface area contributed by atoms with E-state index in [9.17, 15) is 4.79 Å². The van der Waals surface area contributed by atoms with E-state index in [4.69, 9.17) is 16.3 Å². The number of para-hydroxylation sites is 1. The van der Waals surface area contributed by atoms with Gasteiger partial charge < -0.3 is 4.74 Å². The summed E-state index contributed by atoms with van der Waals surface area (Å²) >= 11 is 5.87. The largest absolute Gasteiger partial charge is 0.481 e. The molecule has 0 aliphatic heterocycles. The Labute approximate surface area is 134 Å². The Morgan fingerprint density at radius 1 is 1.27 bits per heavy atom. The molecular formula is C17H17ClN2O2. The first-order chi connectivity index (χ1) is 10.6. The summed E-state index contributed by atoms with van der Waals surface area (Å²) in [7, 11) is 0. The number of carbonyl (C=O) groups is 1. The number of benzene rings is 2. The van der Waals surface area contributed by atoms with Gasteiger partial charge in [-0.1, -0.05) is 41.9 Å². The van der Waals surface area contributed by atoms with Crippen LogP contribution in [0.15, 0.2) is 53.6 Å². The van der Waals surface area contributed by atoms with Gasteiger partial charge >= 0.3 is 0 Å². The molecule has 4 nitrogen and oxygen atoms in total. The Kier molecular flexibility index (Phi) is 5.55. The van der Waals surface area contributed by atoms with Gasteiger partial charge in [0.2, 0.25) is 0 Å². The lowest BCUT2D eigenvalue weighted by Crippen LogP contribution is -2.33. The number of carbonyl (C=O) groups excluding carboxylic acids is 1. The van der Waals surface area contributed by atoms with Gasteiger partial charge in [0.1, 0.15) is 5.75 Å². The van der Waals surface area contributed by atoms with Gasteiger partial charge in [0.15, 0.2) is 6.10 Å². The van der Waals surface area contributed by atoms with Crippen molar-refractivity contribution in [3.05, 3.63) is 64.7 Å². The number of amides is 1. The van der Waals surface area contributed by atoms with Gasteiger partial charge in [0.25, 0.3) is 5.91 Å². The molecule has 5 heteroatoms. The topological polar surface area (TPSA) is 50.7 Å². The molecule has 0 aliphatic rings. The van der Waals surface area contributed by atoms with Crippen LogP contribution in [0, 0.1) is 6.92 Å². The summed E-state index contributed by atoms with van der Waals surface area (Å²) in [6.07, 6.45) is 0.891. The number of ether oxygens (including phenoxy) is 1. The van der Waals surface area contributed by atoms with Crippen LogP contribution in [-0.4, -0.2) is 18.2 Å². The van der Waals surface area contributed by atoms with Crippen molar-refractivity contribution in [2.45, 2.75) is 20.0 Å². The Morgan fingerprint density at radius 3 is 2.77 bits per heavy atom. The summed E-state index contributed by atoms with van der Waals surface area (Å²) < 4.78 is 5.62. The zero-order valence-corrected chi connectivity index (χ0v) is 13.2. The number of nitrogens with one attached hydrogen (secondary N) is 1. The first-order valence-electron chi connectivity index (χ1n) is 6.87. The van der Waals surface area contributed by atoms with Crippen LogP contribution in [0.25, 0.3) is 0 Å². The van der Waals surface area contributed by atoms with Crippen LogP contribution in [0.3, 0.4) is 0 Å². The molecule has 22 heavy (non-hydrogen) atoms. The molecule has 2 rings (SSSR count). The van der Waals surface area contributed by atoms with E-state index in [0.717, 1.165) is 11.1 Å². The molecule has 0 bridgehead atoms. The van der Waals surface area contributed by atoms with Crippen molar-refractivity contribution in [2.75, 3.05) is 0 Å². The number of hydrazone groups is 1. The molecule has 1 N–H and O–H groups in total. The van der Waals surface area contributed by atoms with Gasteiger partial charge in [-0.15, -0.1) is 0 Å². The third kappa shape index (κ3) is 4.60. The smallest absolute Gasteiger partial charge is 0.280 e. The van der Waals surface area contributed by atoms with E-state index in [-0.39, 0.29) is 5.91 Å². The number of hydrogen-bond acceptors (Lipinski definition) is 3. The summed E-state index contributed by atoms with van der Waals surface area (Å²) in [5.74, 6) is 0.366. The average Bonchev–Trinajstić information content (AvgIpc) is 2.49. The maximum atomic E-state index is 11.9. The fraction of sp³-hybridized carbons (Fsp3) is 0.176. The molecule has 2 aromatic rings. The van der Waals surface area contributed by atoms with Crippen LogP contribution >= 0.6 is 11.6 Å². The number of halogens is 1. The van der Waals surface area contributed by atoms with Crippen molar-refractivity contribution in [1.82, 2.24) is 5.43 Å². The van der Waals surface area contributed by atoms with Crippen molar-refractivity contribution in [1.29, 1.82) is 0 Å². The molecule has 1 amide bonds. The second-order valence-corrected chi connectivity index (χ2v) is 5.25. The molecular weight excluding hydrogens is 300 g/mol. The Morgan fingerprint density at radius 2 is 2.05 bits per heavy atom. The van der Waals surface area contributed by atoms with Crippen molar-refractivity contribution in [2.24, 2.45) is 5.10 Å². The van der Waals surface area contributed by atoms with Gasteiger partial charge in [0, 0.05) is 5.02 Å². The normalized spacial score (nSPS) is 12.1. The van der Waals surface area contributed by atoms with Gasteiger partial charge in [-0.2, -0.15) is 5.10 Å². The highest BCUT2D eigenvalue weighted by Gasteiger charge is 2.14. The predicted molar refractivity (Wildman–Crippen MR) is 88.5 cm³/mol. The van der Waals surface area contributed by atoms with Gasteiger partial charge in [0.05, 0.1) is 6.21 Å². The molecule has 0 aliphatic carbocycles. The monoisotopic (exact) mass is 316 g/mol. The van der Waals surface area contributed by atoms with Crippen LogP contribution in [-0.2, 0) is 4.79 Å². The highest BCUT2D eigenvalue weighted by atomic mass is 35.5. The average molecular weight is 317 g/mol. The quantitative estimate of drug-likeness (QED) is 0.677. The minimum Gasteiger partial charge on any atom is -0.481 e. The molecule has 0 radical (unpaired) electrons. The second kappa shape index (κ2) is 7.61. The van der Waals surface area contributed by atoms with Crippen LogP contribution in [0.4, 0.5) is 0 Å². The number of aryl methyl sites for hydroxylation is 1. The Hall–Kier alpha value is -2.33. The van der Waals surface area contributed by atoms with Crippen LogP contribution < -0.4 is 10.2 Å². The third-order valence-corrected chi connectivity index (χ3v) is 3.24. The van der Waals surface area contributed by atoms with E-state index in [0.29, 0.717) is 10.8 Å². The zero-order chi connectivity index (χ0) is 15.9.